The van der Waals surface area contributed by atoms with Crippen LogP contribution in [0.5, 0.6) is 0 Å². The highest BCUT2D eigenvalue weighted by Gasteiger charge is 2.57. The van der Waals surface area contributed by atoms with Gasteiger partial charge in [-0.2, -0.15) is 0 Å². The molecular weight excluding hydrogens is 306 g/mol. The van der Waals surface area contributed by atoms with E-state index in [2.05, 4.69) is 54.4 Å². The fraction of sp³-hybridized carbons (Fsp3) is 0.400. The zero-order valence-electron chi connectivity index (χ0n) is 13.6. The van der Waals surface area contributed by atoms with E-state index in [0.717, 1.165) is 31.0 Å². The van der Waals surface area contributed by atoms with Crippen LogP contribution in [0.4, 0.5) is 0 Å². The van der Waals surface area contributed by atoms with Gasteiger partial charge in [0.25, 0.3) is 0 Å². The summed E-state index contributed by atoms with van der Waals surface area (Å²) in [5, 5.41) is 9.87. The van der Waals surface area contributed by atoms with Gasteiger partial charge >= 0.3 is 0 Å². The third-order valence-corrected chi connectivity index (χ3v) is 5.31. The molecular formula is C20H24ClNO. The van der Waals surface area contributed by atoms with E-state index in [-0.39, 0.29) is 12.0 Å². The highest BCUT2D eigenvalue weighted by atomic mass is 35.5. The summed E-state index contributed by atoms with van der Waals surface area (Å²) in [6.45, 7) is 2.21. The Balaban J connectivity index is 1.88. The lowest BCUT2D eigenvalue weighted by Crippen LogP contribution is -2.26. The van der Waals surface area contributed by atoms with Crippen LogP contribution < -0.4 is 0 Å². The van der Waals surface area contributed by atoms with E-state index >= 15 is 0 Å². The van der Waals surface area contributed by atoms with Crippen molar-refractivity contribution in [2.45, 2.75) is 18.3 Å². The van der Waals surface area contributed by atoms with Crippen molar-refractivity contribution in [1.82, 2.24) is 4.90 Å². The van der Waals surface area contributed by atoms with Crippen LogP contribution in [0.3, 0.4) is 0 Å². The van der Waals surface area contributed by atoms with E-state index in [0.29, 0.717) is 5.92 Å². The molecule has 0 spiro atoms. The van der Waals surface area contributed by atoms with Crippen LogP contribution in [0.15, 0.2) is 54.6 Å². The van der Waals surface area contributed by atoms with Gasteiger partial charge in [-0.3, -0.25) is 0 Å². The average Bonchev–Trinajstić information content (AvgIpc) is 3.29. The normalized spacial score (nSPS) is 23.2. The summed E-state index contributed by atoms with van der Waals surface area (Å²) < 4.78 is 0. The topological polar surface area (TPSA) is 23.5 Å². The minimum Gasteiger partial charge on any atom is -0.396 e. The summed E-state index contributed by atoms with van der Waals surface area (Å²) in [7, 11) is 2.14. The molecule has 2 nitrogen and oxygen atoms in total. The molecule has 0 bridgehead atoms. The lowest BCUT2D eigenvalue weighted by Gasteiger charge is -2.23. The van der Waals surface area contributed by atoms with Gasteiger partial charge in [0.05, 0.1) is 0 Å². The zero-order chi connectivity index (χ0) is 16.3. The van der Waals surface area contributed by atoms with E-state index in [1.165, 1.54) is 11.1 Å². The molecule has 0 heterocycles. The number of rotatable bonds is 7. The molecule has 3 heteroatoms. The van der Waals surface area contributed by atoms with Crippen molar-refractivity contribution in [3.05, 3.63) is 70.7 Å². The molecule has 2 unspecified atom stereocenters. The molecule has 23 heavy (non-hydrogen) atoms. The third kappa shape index (κ3) is 3.30. The molecule has 0 amide bonds. The molecule has 2 aromatic rings. The van der Waals surface area contributed by atoms with Gasteiger partial charge in [-0.25, -0.2) is 0 Å². The number of benzene rings is 2. The van der Waals surface area contributed by atoms with Gasteiger partial charge in [-0.1, -0.05) is 60.1 Å². The van der Waals surface area contributed by atoms with Crippen LogP contribution in [-0.2, 0) is 5.41 Å². The Kier molecular flexibility index (Phi) is 5.05. The van der Waals surface area contributed by atoms with E-state index in [1.807, 2.05) is 12.1 Å². The van der Waals surface area contributed by atoms with Crippen LogP contribution in [0.25, 0.3) is 0 Å². The molecule has 0 aromatic heterocycles. The number of halogens is 1. The second-order valence-corrected chi connectivity index (χ2v) is 6.96. The molecule has 1 N–H and O–H groups in total. The van der Waals surface area contributed by atoms with E-state index < -0.39 is 0 Å². The first-order chi connectivity index (χ1) is 11.2. The SMILES string of the molecule is CN(CCCO)CC1CC1(c1ccccc1)c1ccccc1Cl. The van der Waals surface area contributed by atoms with Gasteiger partial charge in [0.2, 0.25) is 0 Å². The maximum absolute atomic E-state index is 9.02. The number of hydrogen-bond donors (Lipinski definition) is 1. The average molecular weight is 330 g/mol. The Morgan fingerprint density at radius 1 is 1.13 bits per heavy atom. The van der Waals surface area contributed by atoms with Crippen molar-refractivity contribution in [1.29, 1.82) is 0 Å². The second kappa shape index (κ2) is 7.04. The van der Waals surface area contributed by atoms with Gasteiger partial charge in [0, 0.05) is 30.1 Å². The van der Waals surface area contributed by atoms with Crippen molar-refractivity contribution in [3.8, 4) is 0 Å². The predicted octanol–water partition coefficient (Wildman–Crippen LogP) is 3.96. The zero-order valence-corrected chi connectivity index (χ0v) is 14.3. The van der Waals surface area contributed by atoms with E-state index in [1.54, 1.807) is 0 Å². The van der Waals surface area contributed by atoms with Crippen molar-refractivity contribution < 1.29 is 5.11 Å². The fourth-order valence-corrected chi connectivity index (χ4v) is 4.06. The first-order valence-electron chi connectivity index (χ1n) is 8.28. The van der Waals surface area contributed by atoms with E-state index in [4.69, 9.17) is 16.7 Å². The summed E-state index contributed by atoms with van der Waals surface area (Å²) >= 11 is 6.54. The molecule has 1 aliphatic carbocycles. The standard InChI is InChI=1S/C20H24ClNO/c1-22(12-7-13-23)15-17-14-20(17,16-8-3-2-4-9-16)18-10-5-6-11-19(18)21/h2-6,8-11,17,23H,7,12-15H2,1H3. The van der Waals surface area contributed by atoms with Gasteiger partial charge in [0.1, 0.15) is 0 Å². The molecule has 2 aromatic carbocycles. The summed E-state index contributed by atoms with van der Waals surface area (Å²) in [5.74, 6) is 0.563. The van der Waals surface area contributed by atoms with E-state index in [9.17, 15) is 0 Å². The first-order valence-corrected chi connectivity index (χ1v) is 8.66. The Bertz CT molecular complexity index is 645. The summed E-state index contributed by atoms with van der Waals surface area (Å²) in [6, 6.07) is 19.0. The maximum Gasteiger partial charge on any atom is 0.0447 e. The smallest absolute Gasteiger partial charge is 0.0447 e. The van der Waals surface area contributed by atoms with Crippen LogP contribution in [0, 0.1) is 5.92 Å². The summed E-state index contributed by atoms with van der Waals surface area (Å²) in [6.07, 6.45) is 1.96. The molecule has 1 fully saturated rings. The number of hydrogen-bond acceptors (Lipinski definition) is 2. The minimum absolute atomic E-state index is 0.0348. The quantitative estimate of drug-likeness (QED) is 0.831. The predicted molar refractivity (Wildman–Crippen MR) is 96.0 cm³/mol. The van der Waals surface area contributed by atoms with Gasteiger partial charge in [-0.15, -0.1) is 0 Å². The van der Waals surface area contributed by atoms with Crippen LogP contribution >= 0.6 is 11.6 Å². The Morgan fingerprint density at radius 3 is 2.52 bits per heavy atom. The molecule has 2 atom stereocenters. The number of nitrogens with zero attached hydrogens (tertiary/aromatic N) is 1. The maximum atomic E-state index is 9.02. The molecule has 0 radical (unpaired) electrons. The number of aliphatic hydroxyl groups excluding tert-OH is 1. The van der Waals surface area contributed by atoms with Crippen LogP contribution in [0.2, 0.25) is 5.02 Å². The lowest BCUT2D eigenvalue weighted by atomic mass is 9.85. The van der Waals surface area contributed by atoms with Crippen molar-refractivity contribution in [3.63, 3.8) is 0 Å². The Morgan fingerprint density at radius 2 is 1.83 bits per heavy atom. The third-order valence-electron chi connectivity index (χ3n) is 4.98. The minimum atomic E-state index is 0.0348. The summed E-state index contributed by atoms with van der Waals surface area (Å²) in [5.41, 5.74) is 2.63. The van der Waals surface area contributed by atoms with Gasteiger partial charge in [-0.05, 0) is 43.0 Å². The van der Waals surface area contributed by atoms with Gasteiger partial charge in [0.15, 0.2) is 0 Å². The largest absolute Gasteiger partial charge is 0.396 e. The van der Waals surface area contributed by atoms with Crippen LogP contribution in [0.1, 0.15) is 24.0 Å². The lowest BCUT2D eigenvalue weighted by molar-refractivity contribution is 0.241. The fourth-order valence-electron chi connectivity index (χ4n) is 3.76. The molecule has 1 saturated carbocycles. The van der Waals surface area contributed by atoms with Crippen molar-refractivity contribution in [2.24, 2.45) is 5.92 Å². The van der Waals surface area contributed by atoms with Crippen LogP contribution in [-0.4, -0.2) is 36.8 Å². The van der Waals surface area contributed by atoms with Gasteiger partial charge < -0.3 is 10.0 Å². The first kappa shape index (κ1) is 16.5. The second-order valence-electron chi connectivity index (χ2n) is 6.56. The molecule has 0 saturated heterocycles. The molecule has 122 valence electrons. The monoisotopic (exact) mass is 329 g/mol. The highest BCUT2D eigenvalue weighted by Crippen LogP contribution is 2.60. The summed E-state index contributed by atoms with van der Waals surface area (Å²) in [4.78, 5) is 2.32. The Labute approximate surface area is 143 Å². The number of aliphatic hydroxyl groups is 1. The molecule has 0 aliphatic heterocycles. The van der Waals surface area contributed by atoms with Crippen molar-refractivity contribution in [2.75, 3.05) is 26.7 Å². The Hall–Kier alpha value is -1.35. The van der Waals surface area contributed by atoms with Crippen molar-refractivity contribution >= 4 is 11.6 Å². The highest BCUT2D eigenvalue weighted by molar-refractivity contribution is 6.31. The molecule has 1 aliphatic rings. The molecule has 3 rings (SSSR count).